The van der Waals surface area contributed by atoms with Gasteiger partial charge in [-0.3, -0.25) is 0 Å². The Morgan fingerprint density at radius 2 is 0.597 bits per heavy atom. The van der Waals surface area contributed by atoms with Crippen molar-refractivity contribution in [3.63, 3.8) is 0 Å². The Morgan fingerprint density at radius 3 is 0.925 bits per heavy atom. The molecule has 0 atom stereocenters. The molecule has 2 aromatic rings. The number of hydrogen-bond acceptors (Lipinski definition) is 0. The summed E-state index contributed by atoms with van der Waals surface area (Å²) in [6.45, 7) is 20.6. The minimum atomic E-state index is 0. The third-order valence-electron chi connectivity index (χ3n) is 13.7. The van der Waals surface area contributed by atoms with E-state index in [1.54, 1.807) is 4.70 Å². The molecule has 2 nitrogen and oxygen atoms in total. The van der Waals surface area contributed by atoms with Gasteiger partial charge in [0.2, 0.25) is 11.4 Å². The molecule has 386 valence electrons. The van der Waals surface area contributed by atoms with Crippen LogP contribution in [-0.4, -0.2) is 4.70 Å². The van der Waals surface area contributed by atoms with Gasteiger partial charge in [0.25, 0.3) is 0 Å². The van der Waals surface area contributed by atoms with Gasteiger partial charge < -0.3 is 19.4 Å². The van der Waals surface area contributed by atoms with Crippen molar-refractivity contribution >= 4 is 11.4 Å². The van der Waals surface area contributed by atoms with Crippen molar-refractivity contribution in [2.24, 2.45) is 0 Å². The Balaban J connectivity index is 0.00000446. The van der Waals surface area contributed by atoms with E-state index in [1.165, 1.54) is 252 Å². The van der Waals surface area contributed by atoms with Crippen molar-refractivity contribution in [1.82, 2.24) is 0 Å². The maximum absolute atomic E-state index is 12.3. The number of benzene rings is 2. The zero-order valence-electron chi connectivity index (χ0n) is 45.5. The molecule has 3 rings (SSSR count). The first-order valence-corrected chi connectivity index (χ1v) is 29.2. The zero-order chi connectivity index (χ0) is 48.1. The summed E-state index contributed by atoms with van der Waals surface area (Å²) in [6.07, 6.45) is 52.6. The molecule has 1 aliphatic rings. The van der Waals surface area contributed by atoms with Crippen LogP contribution in [0.5, 0.6) is 0 Å². The first kappa shape index (κ1) is 65.2. The minimum Gasteiger partial charge on any atom is -0.493 e. The van der Waals surface area contributed by atoms with Gasteiger partial charge in [0, 0.05) is 22.3 Å². The van der Waals surface area contributed by atoms with E-state index in [4.69, 9.17) is 0 Å². The molecule has 0 aromatic heterocycles. The summed E-state index contributed by atoms with van der Waals surface area (Å²) in [5, 5.41) is 0. The Labute approximate surface area is 433 Å². The maximum atomic E-state index is 12.3. The number of allylic oxidation sites excluding steroid dienone is 2. The van der Waals surface area contributed by atoms with Gasteiger partial charge in [-0.1, -0.05) is 258 Å². The molecule has 0 saturated heterocycles. The first-order chi connectivity index (χ1) is 32.5. The van der Waals surface area contributed by atoms with E-state index < -0.39 is 0 Å². The van der Waals surface area contributed by atoms with Crippen molar-refractivity contribution in [2.75, 3.05) is 0 Å². The van der Waals surface area contributed by atoms with Crippen LogP contribution in [-0.2, 0) is 33.3 Å². The molecule has 3 heteroatoms. The quantitative estimate of drug-likeness (QED) is 0.0275. The summed E-state index contributed by atoms with van der Waals surface area (Å²) < 4.78 is 1.62. The molecule has 0 amide bonds. The van der Waals surface area contributed by atoms with Gasteiger partial charge in [0.15, 0.2) is 0 Å². The fourth-order valence-electron chi connectivity index (χ4n) is 9.31. The molecule has 67 heavy (non-hydrogen) atoms. The summed E-state index contributed by atoms with van der Waals surface area (Å²) in [4.78, 5) is 0. The second-order valence-electron chi connectivity index (χ2n) is 20.0. The minimum absolute atomic E-state index is 0. The Kier molecular flexibility index (Phi) is 46.5. The summed E-state index contributed by atoms with van der Waals surface area (Å²) in [5.41, 5.74) is 22.3. The molecule has 0 N–H and O–H groups in total. The molecule has 1 heterocycles. The molecule has 0 spiro atoms. The molecule has 0 radical (unpaired) electrons. The number of aryl methyl sites for hydroxylation is 2. The van der Waals surface area contributed by atoms with Gasteiger partial charge in [0.1, 0.15) is 0 Å². The molecular formula is C64H110N2Pd. The Morgan fingerprint density at radius 1 is 0.343 bits per heavy atom. The van der Waals surface area contributed by atoms with Crippen LogP contribution in [0.4, 0.5) is 0 Å². The van der Waals surface area contributed by atoms with Crippen molar-refractivity contribution in [1.29, 1.82) is 0 Å². The summed E-state index contributed by atoms with van der Waals surface area (Å²) in [6, 6.07) is 18.2. The van der Waals surface area contributed by atoms with Crippen LogP contribution in [0.2, 0.25) is 0 Å². The first-order valence-electron chi connectivity index (χ1n) is 29.2. The van der Waals surface area contributed by atoms with Gasteiger partial charge in [-0.15, -0.1) is 0 Å². The summed E-state index contributed by atoms with van der Waals surface area (Å²) in [7, 11) is 0. The van der Waals surface area contributed by atoms with Crippen LogP contribution in [0, 0.1) is 13.8 Å². The van der Waals surface area contributed by atoms with Crippen LogP contribution in [0.1, 0.15) is 308 Å². The van der Waals surface area contributed by atoms with Gasteiger partial charge in [0.05, 0.1) is 0 Å². The summed E-state index contributed by atoms with van der Waals surface area (Å²) in [5.74, 6) is 0. The molecule has 2 aromatic carbocycles. The largest absolute Gasteiger partial charge is 2.00 e. The predicted octanol–water partition coefficient (Wildman–Crippen LogP) is 22.5. The van der Waals surface area contributed by atoms with Gasteiger partial charge in [-0.2, -0.15) is 12.8 Å². The third-order valence-corrected chi connectivity index (χ3v) is 13.7. The fourth-order valence-corrected chi connectivity index (χ4v) is 9.31. The van der Waals surface area contributed by atoms with Crippen molar-refractivity contribution in [2.45, 2.75) is 298 Å². The van der Waals surface area contributed by atoms with E-state index in [1.807, 2.05) is 0 Å². The van der Waals surface area contributed by atoms with E-state index in [-0.39, 0.29) is 20.4 Å². The second-order valence-corrected chi connectivity index (χ2v) is 20.0. The molecular weight excluding hydrogens is 903 g/mol. The van der Waals surface area contributed by atoms with Gasteiger partial charge in [-0.25, -0.2) is 4.70 Å². The predicted molar refractivity (Wildman–Crippen MR) is 298 cm³/mol. The number of nitrogens with zero attached hydrogens (tertiary/aromatic N) is 2. The van der Waals surface area contributed by atoms with Crippen molar-refractivity contribution in [3.05, 3.63) is 101 Å². The Bertz CT molecular complexity index is 1480. The normalized spacial score (nSPS) is 12.3. The maximum Gasteiger partial charge on any atom is 2.00 e. The van der Waals surface area contributed by atoms with Crippen LogP contribution < -0.4 is 0 Å². The molecule has 0 fully saturated rings. The third kappa shape index (κ3) is 31.9. The number of unbranched alkanes of at least 4 members (excludes halogenated alkanes) is 30. The molecule has 0 unspecified atom stereocenters. The molecule has 0 saturated carbocycles. The van der Waals surface area contributed by atoms with Crippen molar-refractivity contribution < 1.29 is 25.1 Å². The van der Waals surface area contributed by atoms with Crippen LogP contribution in [0.25, 0.3) is 16.9 Å². The zero-order valence-corrected chi connectivity index (χ0v) is 47.1. The Hall–Kier alpha value is -1.82. The SMILES string of the molecule is CCCCCCCCCCCCCCCCCCCCCCCCCC1=C(c2cccc(CCCC)c2)[N+](=[N-])C(c2cccc(CCCCCC)c2)=C1CCCCC.[CH2-]CCC.[CH2-]CCC.[Pd+2]. The topological polar surface area (TPSA) is 25.3 Å². The van der Waals surface area contributed by atoms with E-state index >= 15 is 0 Å². The summed E-state index contributed by atoms with van der Waals surface area (Å²) >= 11 is 0. The molecule has 0 bridgehead atoms. The average Bonchev–Trinajstić information content (AvgIpc) is 3.62. The standard InChI is InChI=1S/C56H92N2.2C4H9.Pd/c1-5-9-13-15-16-17-18-19-20-21-22-23-24-25-26-27-28-29-30-31-32-33-36-46-54-53(45-34-11-7-3)55(52-44-38-42-50(48-52)40-35-14-10-6-2)58(57)56(54)51-43-37-41-49(47-51)39-12-8-4;2*1-3-4-2;/h37-38,41-44,47-48H,5-36,39-40,45-46H2,1-4H3;2*1,3-4H2,2H3;/q;2*-1;+2. The molecule has 1 aliphatic heterocycles. The number of hydrogen-bond donors (Lipinski definition) is 0. The van der Waals surface area contributed by atoms with Crippen molar-refractivity contribution in [3.8, 4) is 0 Å². The van der Waals surface area contributed by atoms with Gasteiger partial charge >= 0.3 is 20.4 Å². The van der Waals surface area contributed by atoms with Crippen LogP contribution in [0.15, 0.2) is 59.7 Å². The van der Waals surface area contributed by atoms with Crippen LogP contribution in [0.3, 0.4) is 0 Å². The van der Waals surface area contributed by atoms with E-state index in [0.717, 1.165) is 49.9 Å². The van der Waals surface area contributed by atoms with E-state index in [9.17, 15) is 5.53 Å². The van der Waals surface area contributed by atoms with E-state index in [0.29, 0.717) is 0 Å². The van der Waals surface area contributed by atoms with Gasteiger partial charge in [-0.05, 0) is 86.8 Å². The fraction of sp³-hybridized carbons (Fsp3) is 0.719. The average molecular weight is 1010 g/mol. The monoisotopic (exact) mass is 1010 g/mol. The smallest absolute Gasteiger partial charge is 0.493 e. The molecule has 0 aliphatic carbocycles. The van der Waals surface area contributed by atoms with Crippen LogP contribution >= 0.6 is 0 Å². The number of rotatable bonds is 40. The second kappa shape index (κ2) is 47.8. The van der Waals surface area contributed by atoms with E-state index in [2.05, 4.69) is 104 Å².